The molecule has 0 radical (unpaired) electrons. The van der Waals surface area contributed by atoms with E-state index in [0.29, 0.717) is 18.9 Å². The highest BCUT2D eigenvalue weighted by Gasteiger charge is 2.27. The molecule has 3 N–H and O–H groups in total. The van der Waals surface area contributed by atoms with Crippen molar-refractivity contribution < 1.29 is 19.5 Å². The van der Waals surface area contributed by atoms with Gasteiger partial charge >= 0.3 is 5.97 Å². The minimum Gasteiger partial charge on any atom is -0.481 e. The van der Waals surface area contributed by atoms with Gasteiger partial charge in [0.15, 0.2) is 0 Å². The molecule has 34 heavy (non-hydrogen) atoms. The Morgan fingerprint density at radius 2 is 1.91 bits per heavy atom. The summed E-state index contributed by atoms with van der Waals surface area (Å²) in [4.78, 5) is 42.5. The molecule has 2 amide bonds. The van der Waals surface area contributed by atoms with Gasteiger partial charge in [-0.05, 0) is 30.4 Å². The van der Waals surface area contributed by atoms with E-state index < -0.39 is 12.0 Å². The van der Waals surface area contributed by atoms with Crippen molar-refractivity contribution in [2.45, 2.75) is 83.6 Å². The number of carboxylic acid groups (broad SMARTS) is 1. The number of amides is 2. The molecular formula is C27H39N3O4. The summed E-state index contributed by atoms with van der Waals surface area (Å²) in [6.45, 7) is 2.79. The molecule has 0 unspecified atom stereocenters. The number of aromatic amines is 1. The third-order valence-electron chi connectivity index (χ3n) is 6.94. The zero-order chi connectivity index (χ0) is 24.3. The van der Waals surface area contributed by atoms with E-state index in [1.54, 1.807) is 4.90 Å². The topological polar surface area (TPSA) is 103 Å². The molecule has 2 aromatic rings. The molecule has 0 saturated heterocycles. The summed E-state index contributed by atoms with van der Waals surface area (Å²) in [5.41, 5.74) is 1.88. The van der Waals surface area contributed by atoms with Crippen LogP contribution in [0.1, 0.15) is 76.7 Å². The van der Waals surface area contributed by atoms with Gasteiger partial charge in [0.25, 0.3) is 0 Å². The molecule has 1 heterocycles. The number of benzene rings is 1. The van der Waals surface area contributed by atoms with E-state index in [1.165, 1.54) is 32.1 Å². The Balaban J connectivity index is 1.66. The van der Waals surface area contributed by atoms with Crippen molar-refractivity contribution in [3.63, 3.8) is 0 Å². The fraction of sp³-hybridized carbons (Fsp3) is 0.593. The average molecular weight is 470 g/mol. The summed E-state index contributed by atoms with van der Waals surface area (Å²) in [6, 6.07) is 7.21. The Bertz CT molecular complexity index is 948. The van der Waals surface area contributed by atoms with Crippen LogP contribution >= 0.6 is 0 Å². The maximum Gasteiger partial charge on any atom is 0.305 e. The van der Waals surface area contributed by atoms with Crippen LogP contribution in [0.2, 0.25) is 0 Å². The number of fused-ring (bicyclic) bond motifs is 1. The number of hydrogen-bond donors (Lipinski definition) is 3. The second-order valence-corrected chi connectivity index (χ2v) is 9.56. The predicted molar refractivity (Wildman–Crippen MR) is 133 cm³/mol. The standard InChI is InChI=1S/C27H39N3O4/c1-2-3-12-24(29-25(31)18-21-19-28-23-13-8-7-11-22(21)23)27(34)30(17-15-26(32)33)16-14-20-9-5-4-6-10-20/h7-8,11,13,19-20,24,28H,2-6,9-10,12,14-18H2,1H3,(H,29,31)(H,32,33)/t24-/m0/s1. The van der Waals surface area contributed by atoms with Crippen LogP contribution in [0.15, 0.2) is 30.5 Å². The van der Waals surface area contributed by atoms with Crippen LogP contribution in [0.25, 0.3) is 10.9 Å². The first-order valence-corrected chi connectivity index (χ1v) is 12.8. The number of aliphatic carboxylic acids is 1. The van der Waals surface area contributed by atoms with E-state index in [4.69, 9.17) is 0 Å². The largest absolute Gasteiger partial charge is 0.481 e. The van der Waals surface area contributed by atoms with Crippen LogP contribution in [-0.2, 0) is 20.8 Å². The Labute approximate surface area is 202 Å². The third-order valence-corrected chi connectivity index (χ3v) is 6.94. The molecule has 1 aliphatic carbocycles. The molecular weight excluding hydrogens is 430 g/mol. The van der Waals surface area contributed by atoms with E-state index in [1.807, 2.05) is 30.5 Å². The van der Waals surface area contributed by atoms with Crippen molar-refractivity contribution in [2.24, 2.45) is 5.92 Å². The predicted octanol–water partition coefficient (Wildman–Crippen LogP) is 4.66. The van der Waals surface area contributed by atoms with Crippen LogP contribution < -0.4 is 5.32 Å². The molecule has 7 heteroatoms. The van der Waals surface area contributed by atoms with Gasteiger partial charge in [-0.1, -0.05) is 70.1 Å². The first kappa shape index (κ1) is 25.8. The number of H-pyrrole nitrogens is 1. The van der Waals surface area contributed by atoms with Gasteiger partial charge in [-0.3, -0.25) is 14.4 Å². The molecule has 3 rings (SSSR count). The van der Waals surface area contributed by atoms with Crippen LogP contribution in [0.5, 0.6) is 0 Å². The summed E-state index contributed by atoms with van der Waals surface area (Å²) in [5, 5.41) is 13.2. The molecule has 0 aliphatic heterocycles. The summed E-state index contributed by atoms with van der Waals surface area (Å²) in [6.07, 6.45) is 11.2. The SMILES string of the molecule is CCCC[C@H](NC(=O)Cc1c[nH]c2ccccc12)C(=O)N(CCC(=O)O)CCC1CCCCC1. The molecule has 1 fully saturated rings. The lowest BCUT2D eigenvalue weighted by molar-refractivity contribution is -0.140. The van der Waals surface area contributed by atoms with Crippen molar-refractivity contribution >= 4 is 28.7 Å². The number of carbonyl (C=O) groups is 3. The molecule has 0 bridgehead atoms. The number of unbranched alkanes of at least 4 members (excludes halogenated alkanes) is 1. The highest BCUT2D eigenvalue weighted by molar-refractivity contribution is 5.92. The average Bonchev–Trinajstić information content (AvgIpc) is 3.24. The lowest BCUT2D eigenvalue weighted by Gasteiger charge is -2.30. The van der Waals surface area contributed by atoms with Gasteiger partial charge in [-0.2, -0.15) is 0 Å². The van der Waals surface area contributed by atoms with E-state index in [-0.39, 0.29) is 31.2 Å². The Morgan fingerprint density at radius 1 is 1.15 bits per heavy atom. The summed E-state index contributed by atoms with van der Waals surface area (Å²) < 4.78 is 0. The molecule has 1 aromatic carbocycles. The van der Waals surface area contributed by atoms with Crippen molar-refractivity contribution in [2.75, 3.05) is 13.1 Å². The lowest BCUT2D eigenvalue weighted by Crippen LogP contribution is -2.50. The highest BCUT2D eigenvalue weighted by Crippen LogP contribution is 2.26. The number of para-hydroxylation sites is 1. The van der Waals surface area contributed by atoms with Gasteiger partial charge in [0.05, 0.1) is 12.8 Å². The van der Waals surface area contributed by atoms with Crippen LogP contribution in [-0.4, -0.2) is 51.9 Å². The van der Waals surface area contributed by atoms with Gasteiger partial charge in [0, 0.05) is 30.2 Å². The van der Waals surface area contributed by atoms with Crippen molar-refractivity contribution in [3.05, 3.63) is 36.0 Å². The summed E-state index contributed by atoms with van der Waals surface area (Å²) >= 11 is 0. The van der Waals surface area contributed by atoms with Gasteiger partial charge in [-0.25, -0.2) is 0 Å². The number of rotatable bonds is 13. The third kappa shape index (κ3) is 7.61. The Kier molecular flexibility index (Phi) is 9.98. The van der Waals surface area contributed by atoms with Crippen LogP contribution in [0, 0.1) is 5.92 Å². The smallest absolute Gasteiger partial charge is 0.305 e. The van der Waals surface area contributed by atoms with Gasteiger partial charge in [-0.15, -0.1) is 0 Å². The van der Waals surface area contributed by atoms with Gasteiger partial charge in [0.2, 0.25) is 11.8 Å². The van der Waals surface area contributed by atoms with E-state index >= 15 is 0 Å². The number of hydrogen-bond acceptors (Lipinski definition) is 3. The van der Waals surface area contributed by atoms with Crippen LogP contribution in [0.4, 0.5) is 0 Å². The number of nitrogens with one attached hydrogen (secondary N) is 2. The molecule has 1 atom stereocenters. The van der Waals surface area contributed by atoms with Gasteiger partial charge in [0.1, 0.15) is 6.04 Å². The number of aromatic nitrogens is 1. The number of carbonyl (C=O) groups excluding carboxylic acids is 2. The second kappa shape index (κ2) is 13.2. The van der Waals surface area contributed by atoms with Crippen LogP contribution in [0.3, 0.4) is 0 Å². The molecule has 1 aromatic heterocycles. The maximum absolute atomic E-state index is 13.5. The number of nitrogens with zero attached hydrogens (tertiary/aromatic N) is 1. The van der Waals surface area contributed by atoms with Gasteiger partial charge < -0.3 is 20.3 Å². The minimum absolute atomic E-state index is 0.0831. The molecule has 1 saturated carbocycles. The zero-order valence-corrected chi connectivity index (χ0v) is 20.4. The monoisotopic (exact) mass is 469 g/mol. The fourth-order valence-corrected chi connectivity index (χ4v) is 4.96. The minimum atomic E-state index is -0.913. The second-order valence-electron chi connectivity index (χ2n) is 9.56. The van der Waals surface area contributed by atoms with E-state index in [2.05, 4.69) is 17.2 Å². The van der Waals surface area contributed by atoms with Crippen molar-refractivity contribution in [3.8, 4) is 0 Å². The first-order valence-electron chi connectivity index (χ1n) is 12.8. The van der Waals surface area contributed by atoms with E-state index in [9.17, 15) is 19.5 Å². The normalized spacial score (nSPS) is 15.2. The molecule has 0 spiro atoms. The zero-order valence-electron chi connectivity index (χ0n) is 20.4. The summed E-state index contributed by atoms with van der Waals surface area (Å²) in [5.74, 6) is -0.661. The fourth-order valence-electron chi connectivity index (χ4n) is 4.96. The quantitative estimate of drug-likeness (QED) is 0.397. The molecule has 7 nitrogen and oxygen atoms in total. The van der Waals surface area contributed by atoms with Crippen molar-refractivity contribution in [1.29, 1.82) is 0 Å². The Morgan fingerprint density at radius 3 is 2.65 bits per heavy atom. The van der Waals surface area contributed by atoms with Crippen molar-refractivity contribution in [1.82, 2.24) is 15.2 Å². The Hall–Kier alpha value is -2.83. The lowest BCUT2D eigenvalue weighted by atomic mass is 9.87. The summed E-state index contributed by atoms with van der Waals surface area (Å²) in [7, 11) is 0. The highest BCUT2D eigenvalue weighted by atomic mass is 16.4. The van der Waals surface area contributed by atoms with E-state index in [0.717, 1.165) is 35.7 Å². The maximum atomic E-state index is 13.5. The first-order chi connectivity index (χ1) is 16.5. The number of carboxylic acids is 1. The molecule has 1 aliphatic rings. The molecule has 186 valence electrons.